The van der Waals surface area contributed by atoms with Crippen LogP contribution in [0.2, 0.25) is 0 Å². The number of alkyl halides is 1. The minimum absolute atomic E-state index is 0.575. The van der Waals surface area contributed by atoms with Gasteiger partial charge in [-0.05, 0) is 17.7 Å². The van der Waals surface area contributed by atoms with Gasteiger partial charge in [-0.3, -0.25) is 0 Å². The van der Waals surface area contributed by atoms with Crippen molar-refractivity contribution in [2.24, 2.45) is 5.92 Å². The number of methoxy groups -OCH3 is 1. The molecule has 84 valence electrons. The van der Waals surface area contributed by atoms with Crippen LogP contribution in [0.5, 0.6) is 5.75 Å². The molecule has 0 fully saturated rings. The van der Waals surface area contributed by atoms with Gasteiger partial charge in [0.05, 0.1) is 7.11 Å². The van der Waals surface area contributed by atoms with E-state index < -0.39 is 0 Å². The van der Waals surface area contributed by atoms with Crippen molar-refractivity contribution in [1.29, 1.82) is 0 Å². The second-order valence-corrected chi connectivity index (χ2v) is 4.93. The standard InChI is InChI=1S/C12H17ClOS/c1-10(7-13)8-15-9-11-5-3-4-6-12(11)14-2/h3-6,10H,7-9H2,1-2H3. The first-order valence-corrected chi connectivity index (χ1v) is 6.72. The van der Waals surface area contributed by atoms with Crippen LogP contribution in [0.15, 0.2) is 24.3 Å². The quantitative estimate of drug-likeness (QED) is 0.704. The molecule has 0 saturated heterocycles. The molecule has 0 bridgehead atoms. The Morgan fingerprint density at radius 2 is 2.13 bits per heavy atom. The molecule has 3 heteroatoms. The summed E-state index contributed by atoms with van der Waals surface area (Å²) in [5.74, 6) is 4.38. The van der Waals surface area contributed by atoms with Crippen LogP contribution in [0.1, 0.15) is 12.5 Å². The van der Waals surface area contributed by atoms with Crippen molar-refractivity contribution in [3.8, 4) is 5.75 Å². The highest BCUT2D eigenvalue weighted by Crippen LogP contribution is 2.23. The molecule has 0 radical (unpaired) electrons. The molecule has 0 aliphatic heterocycles. The third kappa shape index (κ3) is 4.35. The van der Waals surface area contributed by atoms with Crippen molar-refractivity contribution < 1.29 is 4.74 Å². The molecule has 15 heavy (non-hydrogen) atoms. The van der Waals surface area contributed by atoms with Gasteiger partial charge >= 0.3 is 0 Å². The lowest BCUT2D eigenvalue weighted by Crippen LogP contribution is -2.00. The Bertz CT molecular complexity index is 291. The Balaban J connectivity index is 2.43. The van der Waals surface area contributed by atoms with Gasteiger partial charge in [0.15, 0.2) is 0 Å². The zero-order valence-corrected chi connectivity index (χ0v) is 10.8. The minimum atomic E-state index is 0.575. The number of rotatable bonds is 6. The van der Waals surface area contributed by atoms with Crippen molar-refractivity contribution in [3.05, 3.63) is 29.8 Å². The summed E-state index contributed by atoms with van der Waals surface area (Å²) < 4.78 is 5.29. The van der Waals surface area contributed by atoms with Crippen LogP contribution in [0.4, 0.5) is 0 Å². The lowest BCUT2D eigenvalue weighted by atomic mass is 10.2. The number of hydrogen-bond donors (Lipinski definition) is 0. The van der Waals surface area contributed by atoms with Gasteiger partial charge in [-0.2, -0.15) is 11.8 Å². The number of benzene rings is 1. The van der Waals surface area contributed by atoms with E-state index in [-0.39, 0.29) is 0 Å². The Morgan fingerprint density at radius 3 is 2.80 bits per heavy atom. The van der Waals surface area contributed by atoms with Crippen molar-refractivity contribution in [2.75, 3.05) is 18.7 Å². The van der Waals surface area contributed by atoms with E-state index in [1.54, 1.807) is 7.11 Å². The zero-order valence-electron chi connectivity index (χ0n) is 9.20. The molecular weight excluding hydrogens is 228 g/mol. The Morgan fingerprint density at radius 1 is 1.40 bits per heavy atom. The van der Waals surface area contributed by atoms with Gasteiger partial charge in [0, 0.05) is 17.2 Å². The molecule has 1 atom stereocenters. The summed E-state index contributed by atoms with van der Waals surface area (Å²) in [7, 11) is 1.71. The molecule has 0 aliphatic rings. The second-order valence-electron chi connectivity index (χ2n) is 3.59. The summed E-state index contributed by atoms with van der Waals surface area (Å²) in [6, 6.07) is 8.15. The van der Waals surface area contributed by atoms with Gasteiger partial charge in [-0.15, -0.1) is 11.6 Å². The third-order valence-electron chi connectivity index (χ3n) is 2.12. The molecule has 0 saturated carbocycles. The van der Waals surface area contributed by atoms with Crippen molar-refractivity contribution in [3.63, 3.8) is 0 Å². The van der Waals surface area contributed by atoms with Crippen LogP contribution in [-0.2, 0) is 5.75 Å². The molecule has 1 nitrogen and oxygen atoms in total. The van der Waals surface area contributed by atoms with Gasteiger partial charge in [0.2, 0.25) is 0 Å². The van der Waals surface area contributed by atoms with E-state index in [1.807, 2.05) is 30.0 Å². The molecule has 0 aromatic heterocycles. The number of ether oxygens (including phenoxy) is 1. The summed E-state index contributed by atoms with van der Waals surface area (Å²) >= 11 is 7.66. The molecule has 0 N–H and O–H groups in total. The van der Waals surface area contributed by atoms with Crippen LogP contribution >= 0.6 is 23.4 Å². The van der Waals surface area contributed by atoms with Crippen LogP contribution in [0.3, 0.4) is 0 Å². The minimum Gasteiger partial charge on any atom is -0.496 e. The van der Waals surface area contributed by atoms with E-state index >= 15 is 0 Å². The maximum atomic E-state index is 5.75. The second kappa shape index (κ2) is 7.02. The summed E-state index contributed by atoms with van der Waals surface area (Å²) in [4.78, 5) is 0. The molecule has 1 aromatic carbocycles. The fraction of sp³-hybridized carbons (Fsp3) is 0.500. The first kappa shape index (κ1) is 12.7. The van der Waals surface area contributed by atoms with E-state index in [0.717, 1.165) is 23.1 Å². The third-order valence-corrected chi connectivity index (χ3v) is 3.96. The Hall–Kier alpha value is -0.340. The first-order chi connectivity index (χ1) is 7.27. The smallest absolute Gasteiger partial charge is 0.122 e. The molecule has 0 heterocycles. The predicted molar refractivity (Wildman–Crippen MR) is 69.0 cm³/mol. The first-order valence-electron chi connectivity index (χ1n) is 5.03. The van der Waals surface area contributed by atoms with Crippen molar-refractivity contribution in [2.45, 2.75) is 12.7 Å². The number of halogens is 1. The molecule has 1 unspecified atom stereocenters. The average Bonchev–Trinajstić information content (AvgIpc) is 2.29. The van der Waals surface area contributed by atoms with Gasteiger partial charge in [0.25, 0.3) is 0 Å². The SMILES string of the molecule is COc1ccccc1CSCC(C)CCl. The van der Waals surface area contributed by atoms with E-state index in [2.05, 4.69) is 13.0 Å². The van der Waals surface area contributed by atoms with Crippen LogP contribution in [0, 0.1) is 5.92 Å². The van der Waals surface area contributed by atoms with E-state index in [9.17, 15) is 0 Å². The molecule has 0 aliphatic carbocycles. The summed E-state index contributed by atoms with van der Waals surface area (Å²) in [5, 5.41) is 0. The maximum absolute atomic E-state index is 5.75. The highest BCUT2D eigenvalue weighted by atomic mass is 35.5. The largest absolute Gasteiger partial charge is 0.496 e. The van der Waals surface area contributed by atoms with E-state index in [1.165, 1.54) is 5.56 Å². The van der Waals surface area contributed by atoms with Gasteiger partial charge in [-0.25, -0.2) is 0 Å². The fourth-order valence-corrected chi connectivity index (χ4v) is 2.57. The molecule has 1 aromatic rings. The zero-order chi connectivity index (χ0) is 11.1. The van der Waals surface area contributed by atoms with Gasteiger partial charge < -0.3 is 4.74 Å². The fourth-order valence-electron chi connectivity index (χ4n) is 1.24. The summed E-state index contributed by atoms with van der Waals surface area (Å²) in [5.41, 5.74) is 1.26. The summed E-state index contributed by atoms with van der Waals surface area (Å²) in [6.45, 7) is 2.17. The normalized spacial score (nSPS) is 12.5. The molecule has 0 amide bonds. The highest BCUT2D eigenvalue weighted by Gasteiger charge is 2.03. The average molecular weight is 245 g/mol. The number of hydrogen-bond acceptors (Lipinski definition) is 2. The Kier molecular flexibility index (Phi) is 5.96. The van der Waals surface area contributed by atoms with E-state index in [4.69, 9.17) is 16.3 Å². The Labute approximate surface area is 101 Å². The van der Waals surface area contributed by atoms with Crippen LogP contribution in [0.25, 0.3) is 0 Å². The molecular formula is C12H17ClOS. The van der Waals surface area contributed by atoms with Gasteiger partial charge in [0.1, 0.15) is 5.75 Å². The monoisotopic (exact) mass is 244 g/mol. The lowest BCUT2D eigenvalue weighted by Gasteiger charge is -2.09. The van der Waals surface area contributed by atoms with Crippen LogP contribution in [-0.4, -0.2) is 18.7 Å². The van der Waals surface area contributed by atoms with Crippen molar-refractivity contribution >= 4 is 23.4 Å². The number of para-hydroxylation sites is 1. The van der Waals surface area contributed by atoms with E-state index in [0.29, 0.717) is 5.92 Å². The molecule has 1 rings (SSSR count). The molecule has 0 spiro atoms. The lowest BCUT2D eigenvalue weighted by molar-refractivity contribution is 0.411. The predicted octanol–water partition coefficient (Wildman–Crippen LogP) is 3.80. The number of thioether (sulfide) groups is 1. The van der Waals surface area contributed by atoms with Crippen molar-refractivity contribution in [1.82, 2.24) is 0 Å². The summed E-state index contributed by atoms with van der Waals surface area (Å²) in [6.07, 6.45) is 0. The maximum Gasteiger partial charge on any atom is 0.122 e. The highest BCUT2D eigenvalue weighted by molar-refractivity contribution is 7.98. The van der Waals surface area contributed by atoms with Crippen LogP contribution < -0.4 is 4.74 Å². The van der Waals surface area contributed by atoms with Gasteiger partial charge in [-0.1, -0.05) is 25.1 Å². The topological polar surface area (TPSA) is 9.23 Å².